The second-order valence-corrected chi connectivity index (χ2v) is 3.97. The summed E-state index contributed by atoms with van der Waals surface area (Å²) in [6, 6.07) is 1.01. The van der Waals surface area contributed by atoms with E-state index in [1.54, 1.807) is 0 Å². The molecule has 5 nitrogen and oxygen atoms in total. The van der Waals surface area contributed by atoms with Crippen LogP contribution in [0.4, 0.5) is 0 Å². The molecule has 1 fully saturated rings. The van der Waals surface area contributed by atoms with Crippen molar-refractivity contribution < 1.29 is 4.74 Å². The van der Waals surface area contributed by atoms with Crippen molar-refractivity contribution in [3.63, 3.8) is 0 Å². The lowest BCUT2D eigenvalue weighted by molar-refractivity contribution is 0.106. The first-order valence-electron chi connectivity index (χ1n) is 4.72. The first-order valence-corrected chi connectivity index (χ1v) is 5.10. The lowest BCUT2D eigenvalue weighted by atomic mass is 10.1. The van der Waals surface area contributed by atoms with E-state index in [0.717, 1.165) is 0 Å². The molecule has 2 heterocycles. The molecule has 1 aliphatic rings. The summed E-state index contributed by atoms with van der Waals surface area (Å²) in [5.41, 5.74) is -0.860. The Kier molecular flexibility index (Phi) is 2.67. The average molecular weight is 231 g/mol. The normalized spacial score (nSPS) is 25.7. The Morgan fingerprint density at radius 1 is 1.60 bits per heavy atom. The number of nitrogens with zero attached hydrogens (tertiary/aromatic N) is 1. The van der Waals surface area contributed by atoms with E-state index < -0.39 is 5.69 Å². The van der Waals surface area contributed by atoms with Gasteiger partial charge in [-0.2, -0.15) is 0 Å². The van der Waals surface area contributed by atoms with Gasteiger partial charge in [0, 0.05) is 12.7 Å². The van der Waals surface area contributed by atoms with Crippen LogP contribution in [0, 0.1) is 0 Å². The Balaban J connectivity index is 2.53. The summed E-state index contributed by atoms with van der Waals surface area (Å²) in [5.74, 6) is 0. The average Bonchev–Trinajstić information content (AvgIpc) is 2.50. The Morgan fingerprint density at radius 3 is 2.87 bits per heavy atom. The number of H-pyrrole nitrogens is 1. The monoisotopic (exact) mass is 230 g/mol. The molecule has 0 spiro atoms. The van der Waals surface area contributed by atoms with E-state index in [4.69, 9.17) is 16.3 Å². The molecule has 2 atom stereocenters. The second kappa shape index (κ2) is 3.83. The number of hydrogen-bond donors (Lipinski definition) is 1. The van der Waals surface area contributed by atoms with Crippen molar-refractivity contribution >= 4 is 11.6 Å². The van der Waals surface area contributed by atoms with Crippen LogP contribution in [-0.2, 0) is 4.74 Å². The summed E-state index contributed by atoms with van der Waals surface area (Å²) >= 11 is 5.57. The first-order chi connectivity index (χ1) is 7.09. The van der Waals surface area contributed by atoms with E-state index in [1.165, 1.54) is 10.6 Å². The van der Waals surface area contributed by atoms with Crippen molar-refractivity contribution in [1.82, 2.24) is 9.55 Å². The van der Waals surface area contributed by atoms with Crippen molar-refractivity contribution in [2.24, 2.45) is 0 Å². The van der Waals surface area contributed by atoms with Gasteiger partial charge < -0.3 is 4.74 Å². The van der Waals surface area contributed by atoms with Crippen LogP contribution < -0.4 is 11.2 Å². The largest absolute Gasteiger partial charge is 0.376 e. The van der Waals surface area contributed by atoms with E-state index in [0.29, 0.717) is 13.0 Å². The molecule has 0 bridgehead atoms. The molecule has 1 aliphatic heterocycles. The van der Waals surface area contributed by atoms with Gasteiger partial charge in [0.1, 0.15) is 5.15 Å². The minimum atomic E-state index is -0.477. The minimum absolute atomic E-state index is 0.0628. The smallest absolute Gasteiger partial charge is 0.329 e. The van der Waals surface area contributed by atoms with E-state index >= 15 is 0 Å². The third-order valence-corrected chi connectivity index (χ3v) is 2.80. The molecule has 0 amide bonds. The SMILES string of the molecule is CC1OCCC1n1c(=O)cc(Cl)[nH]c1=O. The second-order valence-electron chi connectivity index (χ2n) is 3.56. The summed E-state index contributed by atoms with van der Waals surface area (Å²) in [7, 11) is 0. The standard InChI is InChI=1S/C9H11ClN2O3/c1-5-6(2-3-15-5)12-8(13)4-7(10)11-9(12)14/h4-6H,2-3H2,1H3,(H,11,14). The molecule has 2 rings (SSSR count). The quantitative estimate of drug-likeness (QED) is 0.717. The van der Waals surface area contributed by atoms with Gasteiger partial charge in [0.2, 0.25) is 0 Å². The molecular weight excluding hydrogens is 220 g/mol. The maximum absolute atomic E-state index is 11.6. The highest BCUT2D eigenvalue weighted by Crippen LogP contribution is 2.22. The van der Waals surface area contributed by atoms with E-state index in [2.05, 4.69) is 4.98 Å². The molecule has 1 aromatic heterocycles. The van der Waals surface area contributed by atoms with Crippen molar-refractivity contribution in [1.29, 1.82) is 0 Å². The van der Waals surface area contributed by atoms with E-state index in [1.807, 2.05) is 6.92 Å². The topological polar surface area (TPSA) is 64.1 Å². The Morgan fingerprint density at radius 2 is 2.33 bits per heavy atom. The van der Waals surface area contributed by atoms with Crippen LogP contribution in [-0.4, -0.2) is 22.3 Å². The van der Waals surface area contributed by atoms with E-state index in [-0.39, 0.29) is 22.9 Å². The van der Waals surface area contributed by atoms with Gasteiger partial charge in [0.25, 0.3) is 5.56 Å². The third-order valence-electron chi connectivity index (χ3n) is 2.60. The molecule has 1 N–H and O–H groups in total. The number of aromatic nitrogens is 2. The fraction of sp³-hybridized carbons (Fsp3) is 0.556. The summed E-state index contributed by atoms with van der Waals surface area (Å²) in [4.78, 5) is 25.6. The van der Waals surface area contributed by atoms with E-state index in [9.17, 15) is 9.59 Å². The van der Waals surface area contributed by atoms with Crippen molar-refractivity contribution in [3.05, 3.63) is 32.1 Å². The molecule has 0 saturated carbocycles. The van der Waals surface area contributed by atoms with Crippen LogP contribution in [0.15, 0.2) is 15.7 Å². The molecule has 0 aliphatic carbocycles. The van der Waals surface area contributed by atoms with Crippen LogP contribution in [0.2, 0.25) is 5.15 Å². The highest BCUT2D eigenvalue weighted by atomic mass is 35.5. The molecule has 2 unspecified atom stereocenters. The summed E-state index contributed by atoms with van der Waals surface area (Å²) in [5, 5.41) is 0.0628. The highest BCUT2D eigenvalue weighted by molar-refractivity contribution is 6.29. The van der Waals surface area contributed by atoms with Crippen LogP contribution in [0.1, 0.15) is 19.4 Å². The van der Waals surface area contributed by atoms with Gasteiger partial charge in [-0.1, -0.05) is 11.6 Å². The number of nitrogens with one attached hydrogen (secondary N) is 1. The zero-order chi connectivity index (χ0) is 11.0. The van der Waals surface area contributed by atoms with Crippen molar-refractivity contribution in [3.8, 4) is 0 Å². The Labute approximate surface area is 90.6 Å². The lowest BCUT2D eigenvalue weighted by Gasteiger charge is -2.15. The Hall–Kier alpha value is -1.07. The number of halogens is 1. The zero-order valence-electron chi connectivity index (χ0n) is 8.20. The van der Waals surface area contributed by atoms with Gasteiger partial charge in [-0.05, 0) is 13.3 Å². The van der Waals surface area contributed by atoms with Gasteiger partial charge in [-0.3, -0.25) is 14.3 Å². The molecule has 6 heteroatoms. The predicted octanol–water partition coefficient (Wildman–Crippen LogP) is 0.540. The van der Waals surface area contributed by atoms with Gasteiger partial charge in [0.05, 0.1) is 12.1 Å². The van der Waals surface area contributed by atoms with Crippen molar-refractivity contribution in [2.75, 3.05) is 6.61 Å². The maximum atomic E-state index is 11.6. The first kappa shape index (κ1) is 10.4. The zero-order valence-corrected chi connectivity index (χ0v) is 8.95. The van der Waals surface area contributed by atoms with Crippen LogP contribution in [0.3, 0.4) is 0 Å². The maximum Gasteiger partial charge on any atom is 0.329 e. The fourth-order valence-corrected chi connectivity index (χ4v) is 2.02. The Bertz CT molecular complexity index is 448. The molecular formula is C9H11ClN2O3. The fourth-order valence-electron chi connectivity index (χ4n) is 1.85. The van der Waals surface area contributed by atoms with Gasteiger partial charge >= 0.3 is 5.69 Å². The number of aromatic amines is 1. The number of ether oxygens (including phenoxy) is 1. The lowest BCUT2D eigenvalue weighted by Crippen LogP contribution is -2.39. The molecule has 0 aromatic carbocycles. The predicted molar refractivity (Wildman–Crippen MR) is 55.4 cm³/mol. The molecule has 1 aromatic rings. The summed E-state index contributed by atoms with van der Waals surface area (Å²) in [6.45, 7) is 2.42. The molecule has 82 valence electrons. The summed E-state index contributed by atoms with van der Waals surface area (Å²) < 4.78 is 6.48. The van der Waals surface area contributed by atoms with Crippen LogP contribution in [0.25, 0.3) is 0 Å². The van der Waals surface area contributed by atoms with Crippen LogP contribution >= 0.6 is 11.6 Å². The highest BCUT2D eigenvalue weighted by Gasteiger charge is 2.28. The molecule has 0 radical (unpaired) electrons. The third kappa shape index (κ3) is 1.85. The summed E-state index contributed by atoms with van der Waals surface area (Å²) in [6.07, 6.45) is 0.552. The minimum Gasteiger partial charge on any atom is -0.376 e. The molecule has 15 heavy (non-hydrogen) atoms. The van der Waals surface area contributed by atoms with Gasteiger partial charge in [0.15, 0.2) is 0 Å². The van der Waals surface area contributed by atoms with Crippen molar-refractivity contribution in [2.45, 2.75) is 25.5 Å². The van der Waals surface area contributed by atoms with Gasteiger partial charge in [-0.15, -0.1) is 0 Å². The van der Waals surface area contributed by atoms with Gasteiger partial charge in [-0.25, -0.2) is 4.79 Å². The molecule has 1 saturated heterocycles. The van der Waals surface area contributed by atoms with Crippen LogP contribution in [0.5, 0.6) is 0 Å². The number of rotatable bonds is 1. The number of hydrogen-bond acceptors (Lipinski definition) is 3.